The van der Waals surface area contributed by atoms with Crippen molar-refractivity contribution in [1.82, 2.24) is 24.7 Å². The molecule has 6 nitrogen and oxygen atoms in total. The summed E-state index contributed by atoms with van der Waals surface area (Å²) < 4.78 is 20.2. The van der Waals surface area contributed by atoms with Crippen LogP contribution in [-0.4, -0.2) is 24.7 Å². The van der Waals surface area contributed by atoms with E-state index in [0.29, 0.717) is 18.1 Å². The highest BCUT2D eigenvalue weighted by Crippen LogP contribution is 2.18. The van der Waals surface area contributed by atoms with E-state index in [4.69, 9.17) is 4.52 Å². The standard InChI is InChI=1S/C15H10FN5O/c16-12-3-1-2-10(6-12)7-14-18-15(20-22-14)11-4-5-13-19-17-9-21(13)8-11/h1-6,8-9H,7H2. The van der Waals surface area contributed by atoms with Crippen LogP contribution in [0.15, 0.2) is 53.4 Å². The van der Waals surface area contributed by atoms with E-state index in [0.717, 1.165) is 16.8 Å². The topological polar surface area (TPSA) is 69.1 Å². The zero-order chi connectivity index (χ0) is 14.9. The number of hydrogen-bond acceptors (Lipinski definition) is 5. The molecule has 0 fully saturated rings. The lowest BCUT2D eigenvalue weighted by molar-refractivity contribution is 0.385. The third kappa shape index (κ3) is 2.32. The maximum atomic E-state index is 13.2. The number of fused-ring (bicyclic) bond motifs is 1. The van der Waals surface area contributed by atoms with Crippen LogP contribution < -0.4 is 0 Å². The molecule has 108 valence electrons. The molecule has 3 heterocycles. The number of rotatable bonds is 3. The van der Waals surface area contributed by atoms with Crippen molar-refractivity contribution in [2.24, 2.45) is 0 Å². The number of hydrogen-bond donors (Lipinski definition) is 0. The van der Waals surface area contributed by atoms with Crippen LogP contribution in [0.3, 0.4) is 0 Å². The zero-order valence-corrected chi connectivity index (χ0v) is 11.3. The smallest absolute Gasteiger partial charge is 0.231 e. The van der Waals surface area contributed by atoms with Gasteiger partial charge in [0.25, 0.3) is 0 Å². The van der Waals surface area contributed by atoms with Crippen LogP contribution in [0.2, 0.25) is 0 Å². The van der Waals surface area contributed by atoms with Crippen molar-refractivity contribution in [3.8, 4) is 11.4 Å². The third-order valence-corrected chi connectivity index (χ3v) is 3.26. The van der Waals surface area contributed by atoms with Gasteiger partial charge in [-0.15, -0.1) is 10.2 Å². The maximum Gasteiger partial charge on any atom is 0.231 e. The molecule has 7 heteroatoms. The van der Waals surface area contributed by atoms with Gasteiger partial charge in [0.05, 0.1) is 6.42 Å². The molecule has 0 bridgehead atoms. The van der Waals surface area contributed by atoms with Crippen molar-refractivity contribution in [3.05, 3.63) is 66.2 Å². The zero-order valence-electron chi connectivity index (χ0n) is 11.3. The van der Waals surface area contributed by atoms with Gasteiger partial charge in [-0.2, -0.15) is 4.98 Å². The number of aromatic nitrogens is 5. The second kappa shape index (κ2) is 5.03. The first-order valence-corrected chi connectivity index (χ1v) is 6.65. The highest BCUT2D eigenvalue weighted by molar-refractivity contribution is 5.56. The molecule has 0 atom stereocenters. The lowest BCUT2D eigenvalue weighted by Crippen LogP contribution is -1.90. The summed E-state index contributed by atoms with van der Waals surface area (Å²) in [5.41, 5.74) is 2.32. The fourth-order valence-corrected chi connectivity index (χ4v) is 2.23. The van der Waals surface area contributed by atoms with Crippen molar-refractivity contribution < 1.29 is 8.91 Å². The second-order valence-electron chi connectivity index (χ2n) is 4.83. The monoisotopic (exact) mass is 295 g/mol. The predicted octanol–water partition coefficient (Wildman–Crippen LogP) is 2.51. The molecule has 22 heavy (non-hydrogen) atoms. The minimum Gasteiger partial charge on any atom is -0.339 e. The van der Waals surface area contributed by atoms with E-state index in [1.807, 2.05) is 24.4 Å². The Morgan fingerprint density at radius 3 is 3.05 bits per heavy atom. The quantitative estimate of drug-likeness (QED) is 0.581. The first-order valence-electron chi connectivity index (χ1n) is 6.65. The normalized spacial score (nSPS) is 11.1. The van der Waals surface area contributed by atoms with Crippen LogP contribution in [0.5, 0.6) is 0 Å². The Morgan fingerprint density at radius 2 is 2.14 bits per heavy atom. The molecule has 0 N–H and O–H groups in total. The lowest BCUT2D eigenvalue weighted by atomic mass is 10.1. The van der Waals surface area contributed by atoms with Gasteiger partial charge in [0.1, 0.15) is 12.1 Å². The molecule has 4 aromatic rings. The van der Waals surface area contributed by atoms with E-state index in [2.05, 4.69) is 20.3 Å². The van der Waals surface area contributed by atoms with E-state index in [9.17, 15) is 4.39 Å². The molecule has 0 radical (unpaired) electrons. The SMILES string of the molecule is Fc1cccc(Cc2nc(-c3ccc4nncn4c3)no2)c1. The average molecular weight is 295 g/mol. The van der Waals surface area contributed by atoms with Crippen LogP contribution in [0, 0.1) is 5.82 Å². The fourth-order valence-electron chi connectivity index (χ4n) is 2.23. The van der Waals surface area contributed by atoms with Crippen LogP contribution in [0.25, 0.3) is 17.0 Å². The molecule has 0 aliphatic carbocycles. The molecular formula is C15H10FN5O. The van der Waals surface area contributed by atoms with Crippen molar-refractivity contribution in [3.63, 3.8) is 0 Å². The lowest BCUT2D eigenvalue weighted by Gasteiger charge is -1.96. The van der Waals surface area contributed by atoms with Gasteiger partial charge < -0.3 is 4.52 Å². The van der Waals surface area contributed by atoms with Crippen molar-refractivity contribution in [1.29, 1.82) is 0 Å². The fraction of sp³-hybridized carbons (Fsp3) is 0.0667. The Kier molecular flexibility index (Phi) is 2.89. The van der Waals surface area contributed by atoms with Gasteiger partial charge in [-0.05, 0) is 29.8 Å². The molecule has 0 amide bonds. The number of nitrogens with zero attached hydrogens (tertiary/aromatic N) is 5. The first-order chi connectivity index (χ1) is 10.8. The van der Waals surface area contributed by atoms with Gasteiger partial charge in [0, 0.05) is 11.8 Å². The van der Waals surface area contributed by atoms with Crippen LogP contribution in [-0.2, 0) is 6.42 Å². The van der Waals surface area contributed by atoms with Crippen molar-refractivity contribution >= 4 is 5.65 Å². The molecule has 3 aromatic heterocycles. The summed E-state index contributed by atoms with van der Waals surface area (Å²) in [6.45, 7) is 0. The maximum absolute atomic E-state index is 13.2. The van der Waals surface area contributed by atoms with E-state index >= 15 is 0 Å². The molecular weight excluding hydrogens is 285 g/mol. The highest BCUT2D eigenvalue weighted by atomic mass is 19.1. The van der Waals surface area contributed by atoms with Crippen molar-refractivity contribution in [2.75, 3.05) is 0 Å². The summed E-state index contributed by atoms with van der Waals surface area (Å²) in [6.07, 6.45) is 3.82. The Labute approximate surface area is 124 Å². The van der Waals surface area contributed by atoms with Gasteiger partial charge in [-0.25, -0.2) is 4.39 Å². The van der Waals surface area contributed by atoms with E-state index in [1.165, 1.54) is 12.1 Å². The van der Waals surface area contributed by atoms with Gasteiger partial charge >= 0.3 is 0 Å². The minimum atomic E-state index is -0.282. The summed E-state index contributed by atoms with van der Waals surface area (Å²) in [5, 5.41) is 11.7. The molecule has 0 spiro atoms. The second-order valence-corrected chi connectivity index (χ2v) is 4.83. The van der Waals surface area contributed by atoms with Gasteiger partial charge in [-0.3, -0.25) is 4.40 Å². The average Bonchev–Trinajstić information content (AvgIpc) is 3.15. The van der Waals surface area contributed by atoms with E-state index in [-0.39, 0.29) is 5.82 Å². The molecule has 0 aliphatic rings. The summed E-state index contributed by atoms with van der Waals surface area (Å²) in [5.74, 6) is 0.627. The van der Waals surface area contributed by atoms with E-state index < -0.39 is 0 Å². The summed E-state index contributed by atoms with van der Waals surface area (Å²) in [4.78, 5) is 4.34. The minimum absolute atomic E-state index is 0.282. The van der Waals surface area contributed by atoms with Crippen molar-refractivity contribution in [2.45, 2.75) is 6.42 Å². The number of benzene rings is 1. The van der Waals surface area contributed by atoms with Gasteiger partial charge in [-0.1, -0.05) is 17.3 Å². The molecule has 4 rings (SSSR count). The summed E-state index contributed by atoms with van der Waals surface area (Å²) in [7, 11) is 0. The molecule has 0 aliphatic heterocycles. The largest absolute Gasteiger partial charge is 0.339 e. The Balaban J connectivity index is 1.63. The molecule has 1 aromatic carbocycles. The third-order valence-electron chi connectivity index (χ3n) is 3.26. The molecule has 0 saturated heterocycles. The van der Waals surface area contributed by atoms with Crippen LogP contribution in [0.1, 0.15) is 11.5 Å². The predicted molar refractivity (Wildman–Crippen MR) is 75.5 cm³/mol. The van der Waals surface area contributed by atoms with Gasteiger partial charge in [0.2, 0.25) is 11.7 Å². The Bertz CT molecular complexity index is 946. The Hall–Kier alpha value is -3.09. The number of pyridine rings is 1. The summed E-state index contributed by atoms with van der Waals surface area (Å²) >= 11 is 0. The molecule has 0 saturated carbocycles. The van der Waals surface area contributed by atoms with Crippen LogP contribution >= 0.6 is 0 Å². The van der Waals surface area contributed by atoms with E-state index in [1.54, 1.807) is 16.8 Å². The highest BCUT2D eigenvalue weighted by Gasteiger charge is 2.10. The number of halogens is 1. The van der Waals surface area contributed by atoms with Gasteiger partial charge in [0.15, 0.2) is 5.65 Å². The Morgan fingerprint density at radius 1 is 1.18 bits per heavy atom. The van der Waals surface area contributed by atoms with Crippen LogP contribution in [0.4, 0.5) is 4.39 Å². The molecule has 0 unspecified atom stereocenters. The first kappa shape index (κ1) is 12.6. The summed E-state index contributed by atoms with van der Waals surface area (Å²) in [6, 6.07) is 9.99.